The van der Waals surface area contributed by atoms with Gasteiger partial charge in [-0.15, -0.1) is 0 Å². The number of rotatable bonds is 4. The monoisotopic (exact) mass is 472 g/mol. The second-order valence-electron chi connectivity index (χ2n) is 11.0. The Kier molecular flexibility index (Phi) is 5.73. The summed E-state index contributed by atoms with van der Waals surface area (Å²) < 4.78 is 25.6. The van der Waals surface area contributed by atoms with Crippen molar-refractivity contribution in [2.75, 3.05) is 6.61 Å². The lowest BCUT2D eigenvalue weighted by molar-refractivity contribution is -0.0574. The minimum Gasteiger partial charge on any atom is -0.395 e. The topological polar surface area (TPSA) is 99.0 Å². The molecular weight excluding hydrogens is 436 g/mol. The normalized spacial score (nSPS) is 39.4. The van der Waals surface area contributed by atoms with E-state index in [0.29, 0.717) is 17.8 Å². The first-order valence-corrected chi connectivity index (χ1v) is 13.8. The highest BCUT2D eigenvalue weighted by atomic mass is 32.2. The van der Waals surface area contributed by atoms with Gasteiger partial charge in [0.25, 0.3) is 10.0 Å². The summed E-state index contributed by atoms with van der Waals surface area (Å²) in [5.74, 6) is 1.39. The Balaban J connectivity index is 1.39. The van der Waals surface area contributed by atoms with Gasteiger partial charge in [-0.2, -0.15) is 13.5 Å². The Hall–Kier alpha value is -1.70. The SMILES string of the molecule is Cc1ccc(S(=O)(=O)NN=C2CC[C@H]3[C@@H]4CCC5=CC(O)CC[C@]5(CO)[C@H]4CC[C@]23C)cc1. The van der Waals surface area contributed by atoms with Gasteiger partial charge in [0.15, 0.2) is 0 Å². The second-order valence-corrected chi connectivity index (χ2v) is 12.6. The van der Waals surface area contributed by atoms with Crippen molar-refractivity contribution in [3.63, 3.8) is 0 Å². The summed E-state index contributed by atoms with van der Waals surface area (Å²) in [7, 11) is -3.69. The Labute approximate surface area is 197 Å². The maximum Gasteiger partial charge on any atom is 0.276 e. The van der Waals surface area contributed by atoms with Crippen LogP contribution >= 0.6 is 0 Å². The number of aliphatic hydroxyl groups excluding tert-OH is 2. The number of nitrogens with one attached hydrogen (secondary N) is 1. The number of sulfonamides is 1. The van der Waals surface area contributed by atoms with Crippen LogP contribution < -0.4 is 4.83 Å². The van der Waals surface area contributed by atoms with Gasteiger partial charge in [-0.3, -0.25) is 0 Å². The third-order valence-electron chi connectivity index (χ3n) is 9.47. The first-order valence-electron chi connectivity index (χ1n) is 12.4. The minimum absolute atomic E-state index is 0.108. The number of fused-ring (bicyclic) bond motifs is 5. The van der Waals surface area contributed by atoms with Gasteiger partial charge < -0.3 is 10.2 Å². The molecule has 3 N–H and O–H groups in total. The molecule has 1 aromatic rings. The van der Waals surface area contributed by atoms with E-state index in [0.717, 1.165) is 62.6 Å². The molecule has 0 saturated heterocycles. The van der Waals surface area contributed by atoms with Crippen LogP contribution in [0.5, 0.6) is 0 Å². The summed E-state index contributed by atoms with van der Waals surface area (Å²) in [6.07, 6.45) is 9.05. The van der Waals surface area contributed by atoms with Gasteiger partial charge in [0.1, 0.15) is 0 Å². The summed E-state index contributed by atoms with van der Waals surface area (Å²) >= 11 is 0. The van der Waals surface area contributed by atoms with Crippen molar-refractivity contribution < 1.29 is 18.6 Å². The number of hydrazone groups is 1. The molecule has 0 bridgehead atoms. The predicted octanol–water partition coefficient (Wildman–Crippen LogP) is 3.93. The van der Waals surface area contributed by atoms with Crippen molar-refractivity contribution in [3.05, 3.63) is 41.5 Å². The Morgan fingerprint density at radius 2 is 1.82 bits per heavy atom. The van der Waals surface area contributed by atoms with Gasteiger partial charge in [-0.25, -0.2) is 4.83 Å². The van der Waals surface area contributed by atoms with Gasteiger partial charge in [-0.1, -0.05) is 36.3 Å². The molecule has 6 nitrogen and oxygen atoms in total. The van der Waals surface area contributed by atoms with Crippen LogP contribution in [0, 0.1) is 35.5 Å². The van der Waals surface area contributed by atoms with Crippen LogP contribution in [0.15, 0.2) is 45.9 Å². The van der Waals surface area contributed by atoms with Crippen LogP contribution in [0.3, 0.4) is 0 Å². The molecule has 0 spiro atoms. The van der Waals surface area contributed by atoms with Crippen molar-refractivity contribution in [1.29, 1.82) is 0 Å². The van der Waals surface area contributed by atoms with Gasteiger partial charge in [0.2, 0.25) is 0 Å². The highest BCUT2D eigenvalue weighted by Crippen LogP contribution is 2.64. The molecule has 5 rings (SSSR count). The summed E-state index contributed by atoms with van der Waals surface area (Å²) in [5.41, 5.74) is 2.97. The number of nitrogens with zero attached hydrogens (tertiary/aromatic N) is 1. The maximum atomic E-state index is 12.8. The van der Waals surface area contributed by atoms with E-state index < -0.39 is 10.0 Å². The van der Waals surface area contributed by atoms with Crippen molar-refractivity contribution in [2.24, 2.45) is 33.7 Å². The molecule has 4 aliphatic carbocycles. The standard InChI is InChI=1S/C26H36N2O4S/c1-17-3-6-20(7-4-17)33(31,32)28-27-24-10-9-22-21-8-5-18-15-19(30)11-14-26(18,16-29)23(21)12-13-25(22,24)2/h3-4,6-7,15,19,21-23,28-30H,5,8-14,16H2,1-2H3/t19?,21-,22-,23-,25-,26+/m0/s1. The number of hydrogen-bond acceptors (Lipinski definition) is 5. The van der Waals surface area contributed by atoms with Gasteiger partial charge >= 0.3 is 0 Å². The summed E-state index contributed by atoms with van der Waals surface area (Å²) in [6, 6.07) is 6.82. The fourth-order valence-electron chi connectivity index (χ4n) is 7.66. The molecule has 1 unspecified atom stereocenters. The van der Waals surface area contributed by atoms with Crippen molar-refractivity contribution in [2.45, 2.75) is 76.2 Å². The Bertz CT molecular complexity index is 1080. The molecule has 0 aliphatic heterocycles. The van der Waals surface area contributed by atoms with Gasteiger partial charge in [0.05, 0.1) is 17.6 Å². The number of hydrogen-bond donors (Lipinski definition) is 3. The van der Waals surface area contributed by atoms with E-state index in [1.807, 2.05) is 13.0 Å². The highest BCUT2D eigenvalue weighted by Gasteiger charge is 2.59. The molecule has 0 heterocycles. The van der Waals surface area contributed by atoms with Gasteiger partial charge in [-0.05, 0) is 88.2 Å². The molecule has 180 valence electrons. The average Bonchev–Trinajstić information content (AvgIpc) is 3.14. The van der Waals surface area contributed by atoms with Crippen LogP contribution in [0.2, 0.25) is 0 Å². The zero-order valence-corrected chi connectivity index (χ0v) is 20.4. The smallest absolute Gasteiger partial charge is 0.276 e. The van der Waals surface area contributed by atoms with Crippen molar-refractivity contribution in [1.82, 2.24) is 4.83 Å². The molecule has 6 atom stereocenters. The number of aryl methyl sites for hydroxylation is 1. The van der Waals surface area contributed by atoms with E-state index in [1.54, 1.807) is 24.3 Å². The fourth-order valence-corrected chi connectivity index (χ4v) is 8.49. The highest BCUT2D eigenvalue weighted by molar-refractivity contribution is 7.89. The van der Waals surface area contributed by atoms with Crippen LogP contribution in [0.1, 0.15) is 63.9 Å². The summed E-state index contributed by atoms with van der Waals surface area (Å²) in [6.45, 7) is 4.36. The van der Waals surface area contributed by atoms with Crippen molar-refractivity contribution >= 4 is 15.7 Å². The second kappa shape index (κ2) is 8.21. The number of benzene rings is 1. The Morgan fingerprint density at radius 1 is 1.06 bits per heavy atom. The van der Waals surface area contributed by atoms with Crippen LogP contribution in [0.25, 0.3) is 0 Å². The van der Waals surface area contributed by atoms with Gasteiger partial charge in [0, 0.05) is 16.5 Å². The quantitative estimate of drug-likeness (QED) is 0.457. The maximum absolute atomic E-state index is 12.8. The van der Waals surface area contributed by atoms with E-state index >= 15 is 0 Å². The zero-order chi connectivity index (χ0) is 23.4. The predicted molar refractivity (Wildman–Crippen MR) is 128 cm³/mol. The molecule has 1 aromatic carbocycles. The van der Waals surface area contributed by atoms with E-state index in [1.165, 1.54) is 5.57 Å². The molecule has 3 saturated carbocycles. The first-order chi connectivity index (χ1) is 15.7. The minimum atomic E-state index is -3.69. The Morgan fingerprint density at radius 3 is 2.55 bits per heavy atom. The lowest BCUT2D eigenvalue weighted by atomic mass is 9.47. The van der Waals surface area contributed by atoms with Crippen LogP contribution in [0.4, 0.5) is 0 Å². The molecule has 0 amide bonds. The van der Waals surface area contributed by atoms with Crippen molar-refractivity contribution in [3.8, 4) is 0 Å². The summed E-state index contributed by atoms with van der Waals surface area (Å²) in [4.78, 5) is 2.75. The van der Waals surface area contributed by atoms with E-state index in [-0.39, 0.29) is 28.4 Å². The molecular formula is C26H36N2O4S. The van der Waals surface area contributed by atoms with E-state index in [2.05, 4.69) is 16.9 Å². The molecule has 7 heteroatoms. The molecule has 0 aromatic heterocycles. The fraction of sp³-hybridized carbons (Fsp3) is 0.654. The number of aliphatic hydroxyl groups is 2. The molecule has 4 aliphatic rings. The lowest BCUT2D eigenvalue weighted by Crippen LogP contribution is -2.53. The molecule has 33 heavy (non-hydrogen) atoms. The average molecular weight is 473 g/mol. The third-order valence-corrected chi connectivity index (χ3v) is 10.7. The molecule has 0 radical (unpaired) electrons. The largest absolute Gasteiger partial charge is 0.395 e. The van der Waals surface area contributed by atoms with Crippen LogP contribution in [-0.2, 0) is 10.0 Å². The zero-order valence-electron chi connectivity index (χ0n) is 19.6. The third kappa shape index (κ3) is 3.67. The van der Waals surface area contributed by atoms with E-state index in [9.17, 15) is 18.6 Å². The summed E-state index contributed by atoms with van der Waals surface area (Å²) in [5, 5.41) is 25.2. The van der Waals surface area contributed by atoms with Crippen LogP contribution in [-0.4, -0.2) is 37.1 Å². The molecule has 3 fully saturated rings. The lowest BCUT2D eigenvalue weighted by Gasteiger charge is -2.58. The first kappa shape index (κ1) is 23.1. The van der Waals surface area contributed by atoms with E-state index in [4.69, 9.17) is 0 Å².